The van der Waals surface area contributed by atoms with Gasteiger partial charge in [0.05, 0.1) is 26.2 Å². The molecule has 0 bridgehead atoms. The number of nitrogens with zero attached hydrogens (tertiary/aromatic N) is 2. The van der Waals surface area contributed by atoms with Crippen molar-refractivity contribution in [3.8, 4) is 17.0 Å². The van der Waals surface area contributed by atoms with Gasteiger partial charge < -0.3 is 24.8 Å². The van der Waals surface area contributed by atoms with Gasteiger partial charge >= 0.3 is 5.97 Å². The number of halogens is 5. The van der Waals surface area contributed by atoms with Crippen molar-refractivity contribution in [1.29, 1.82) is 0 Å². The van der Waals surface area contributed by atoms with E-state index in [1.807, 2.05) is 0 Å². The number of carbonyl (C=O) groups is 1. The van der Waals surface area contributed by atoms with Crippen molar-refractivity contribution in [3.63, 3.8) is 0 Å². The second-order valence-electron chi connectivity index (χ2n) is 9.81. The third kappa shape index (κ3) is 6.25. The molecule has 1 fully saturated rings. The van der Waals surface area contributed by atoms with Gasteiger partial charge in [0.2, 0.25) is 0 Å². The summed E-state index contributed by atoms with van der Waals surface area (Å²) < 4.78 is 39.6. The van der Waals surface area contributed by atoms with Crippen LogP contribution in [0.1, 0.15) is 52.9 Å². The van der Waals surface area contributed by atoms with Gasteiger partial charge in [-0.3, -0.25) is 0 Å². The van der Waals surface area contributed by atoms with Crippen molar-refractivity contribution in [2.45, 2.75) is 37.9 Å². The maximum absolute atomic E-state index is 14.2. The Bertz CT molecular complexity index is 1620. The number of aliphatic hydroxyl groups is 1. The molecule has 3 N–H and O–H groups in total. The van der Waals surface area contributed by atoms with Crippen LogP contribution in [0.3, 0.4) is 0 Å². The van der Waals surface area contributed by atoms with Crippen LogP contribution in [0, 0.1) is 11.6 Å². The zero-order valence-electron chi connectivity index (χ0n) is 21.4. The molecule has 0 spiro atoms. The highest BCUT2D eigenvalue weighted by Gasteiger charge is 2.34. The third-order valence-electron chi connectivity index (χ3n) is 6.60. The number of aromatic nitrogens is 2. The minimum Gasteiger partial charge on any atom is -0.489 e. The molecular formula is C28H22Cl3F2N3O5. The summed E-state index contributed by atoms with van der Waals surface area (Å²) in [5, 5.41) is 27.2. The lowest BCUT2D eigenvalue weighted by atomic mass is 9.95. The summed E-state index contributed by atoms with van der Waals surface area (Å²) in [6.07, 6.45) is 2.87. The van der Waals surface area contributed by atoms with Crippen LogP contribution in [-0.4, -0.2) is 32.9 Å². The SMILES string of the molecule is CC(O)(CNc1ncc(C(=O)O)cc1F)c1ccc(OCc2c(-c3c(Cl)cc(F)cc3Cl)noc2C2CC2)cc1Cl. The summed E-state index contributed by atoms with van der Waals surface area (Å²) in [5.41, 5.74) is -0.213. The Labute approximate surface area is 247 Å². The Balaban J connectivity index is 1.33. The molecule has 13 heteroatoms. The smallest absolute Gasteiger partial charge is 0.337 e. The van der Waals surface area contributed by atoms with Crippen molar-refractivity contribution in [2.75, 3.05) is 11.9 Å². The quantitative estimate of drug-likeness (QED) is 0.167. The topological polar surface area (TPSA) is 118 Å². The molecule has 214 valence electrons. The van der Waals surface area contributed by atoms with E-state index < -0.39 is 23.2 Å². The first-order chi connectivity index (χ1) is 19.4. The van der Waals surface area contributed by atoms with Crippen LogP contribution in [-0.2, 0) is 12.2 Å². The van der Waals surface area contributed by atoms with E-state index in [1.54, 1.807) is 12.1 Å². The number of hydrogen-bond acceptors (Lipinski definition) is 7. The number of hydrogen-bond donors (Lipinski definition) is 3. The molecule has 0 aliphatic heterocycles. The molecule has 2 aromatic carbocycles. The van der Waals surface area contributed by atoms with Gasteiger partial charge in [-0.2, -0.15) is 0 Å². The Kier molecular flexibility index (Phi) is 8.11. The Morgan fingerprint density at radius 1 is 1.15 bits per heavy atom. The van der Waals surface area contributed by atoms with Gasteiger partial charge in [-0.1, -0.05) is 46.0 Å². The minimum absolute atomic E-state index is 0.0274. The van der Waals surface area contributed by atoms with E-state index in [0.717, 1.165) is 37.2 Å². The van der Waals surface area contributed by atoms with Crippen molar-refractivity contribution >= 4 is 46.6 Å². The fourth-order valence-electron chi connectivity index (χ4n) is 4.31. The Morgan fingerprint density at radius 2 is 1.85 bits per heavy atom. The molecule has 4 aromatic rings. The zero-order valence-corrected chi connectivity index (χ0v) is 23.6. The molecule has 8 nitrogen and oxygen atoms in total. The van der Waals surface area contributed by atoms with Crippen LogP contribution in [0.15, 0.2) is 47.1 Å². The summed E-state index contributed by atoms with van der Waals surface area (Å²) in [5.74, 6) is -1.78. The lowest BCUT2D eigenvalue weighted by Gasteiger charge is -2.26. The number of nitrogens with one attached hydrogen (secondary N) is 1. The lowest BCUT2D eigenvalue weighted by Crippen LogP contribution is -2.31. The molecule has 1 unspecified atom stereocenters. The summed E-state index contributed by atoms with van der Waals surface area (Å²) in [4.78, 5) is 14.8. The number of benzene rings is 2. The second-order valence-corrected chi connectivity index (χ2v) is 11.0. The van der Waals surface area contributed by atoms with E-state index in [9.17, 15) is 18.7 Å². The molecule has 5 rings (SSSR count). The van der Waals surface area contributed by atoms with Crippen LogP contribution >= 0.6 is 34.8 Å². The van der Waals surface area contributed by atoms with E-state index in [2.05, 4.69) is 15.5 Å². The molecule has 1 saturated carbocycles. The molecule has 41 heavy (non-hydrogen) atoms. The summed E-state index contributed by atoms with van der Waals surface area (Å²) in [7, 11) is 0. The van der Waals surface area contributed by atoms with Gasteiger partial charge in [-0.15, -0.1) is 0 Å². The standard InChI is InChI=1S/C28H22Cl3F2N3O5/c1-28(39,12-35-26-22(33)6-14(10-34-26)27(37)38)18-5-4-16(9-19(18)29)40-11-17-24(36-41-25(17)13-2-3-13)23-20(30)7-15(32)8-21(23)31/h4-10,13,39H,2-3,11-12H2,1H3,(H,34,35)(H,37,38). The molecule has 1 aliphatic rings. The maximum atomic E-state index is 14.2. The van der Waals surface area contributed by atoms with Crippen molar-refractivity contribution in [3.05, 3.63) is 91.7 Å². The van der Waals surface area contributed by atoms with Crippen molar-refractivity contribution in [1.82, 2.24) is 10.1 Å². The predicted molar refractivity (Wildman–Crippen MR) is 149 cm³/mol. The van der Waals surface area contributed by atoms with E-state index in [1.165, 1.54) is 13.0 Å². The van der Waals surface area contributed by atoms with Gasteiger partial charge in [0, 0.05) is 29.8 Å². The molecule has 0 saturated heterocycles. The highest BCUT2D eigenvalue weighted by Crippen LogP contribution is 2.46. The maximum Gasteiger partial charge on any atom is 0.337 e. The molecule has 0 amide bonds. The number of rotatable bonds is 10. The number of aromatic carboxylic acids is 1. The van der Waals surface area contributed by atoms with Crippen LogP contribution < -0.4 is 10.1 Å². The van der Waals surface area contributed by atoms with Gasteiger partial charge in [-0.05, 0) is 50.1 Å². The lowest BCUT2D eigenvalue weighted by molar-refractivity contribution is 0.0691. The monoisotopic (exact) mass is 623 g/mol. The second kappa shape index (κ2) is 11.4. The number of anilines is 1. The summed E-state index contributed by atoms with van der Waals surface area (Å²) in [6.45, 7) is 1.32. The summed E-state index contributed by atoms with van der Waals surface area (Å²) >= 11 is 19.1. The highest BCUT2D eigenvalue weighted by atomic mass is 35.5. The Hall–Kier alpha value is -3.44. The predicted octanol–water partition coefficient (Wildman–Crippen LogP) is 7.45. The normalized spacial score (nSPS) is 14.5. The molecular weight excluding hydrogens is 603 g/mol. The fraction of sp³-hybridized carbons (Fsp3) is 0.250. The van der Waals surface area contributed by atoms with Crippen LogP contribution in [0.5, 0.6) is 5.75 Å². The highest BCUT2D eigenvalue weighted by molar-refractivity contribution is 6.39. The largest absolute Gasteiger partial charge is 0.489 e. The van der Waals surface area contributed by atoms with Gasteiger partial charge in [0.25, 0.3) is 0 Å². The van der Waals surface area contributed by atoms with E-state index >= 15 is 0 Å². The van der Waals surface area contributed by atoms with Gasteiger partial charge in [-0.25, -0.2) is 18.6 Å². The molecule has 2 heterocycles. The number of carboxylic acid groups (broad SMARTS) is 1. The van der Waals surface area contributed by atoms with E-state index in [4.69, 9.17) is 49.2 Å². The fourth-order valence-corrected chi connectivity index (χ4v) is 5.32. The first-order valence-electron chi connectivity index (χ1n) is 12.4. The van der Waals surface area contributed by atoms with Gasteiger partial charge in [0.15, 0.2) is 11.6 Å². The number of pyridine rings is 1. The van der Waals surface area contributed by atoms with Crippen molar-refractivity contribution in [2.24, 2.45) is 0 Å². The average Bonchev–Trinajstić information content (AvgIpc) is 3.66. The van der Waals surface area contributed by atoms with Crippen molar-refractivity contribution < 1.29 is 33.0 Å². The molecule has 1 atom stereocenters. The van der Waals surface area contributed by atoms with Crippen LogP contribution in [0.4, 0.5) is 14.6 Å². The van der Waals surface area contributed by atoms with E-state index in [0.29, 0.717) is 33.9 Å². The zero-order chi connectivity index (χ0) is 29.5. The van der Waals surface area contributed by atoms with Crippen LogP contribution in [0.25, 0.3) is 11.3 Å². The Morgan fingerprint density at radius 3 is 2.46 bits per heavy atom. The number of ether oxygens (including phenoxy) is 1. The molecule has 1 aliphatic carbocycles. The minimum atomic E-state index is -1.56. The third-order valence-corrected chi connectivity index (χ3v) is 7.51. The van der Waals surface area contributed by atoms with E-state index in [-0.39, 0.29) is 45.5 Å². The first kappa shape index (κ1) is 29.1. The number of carboxylic acids is 1. The molecule has 0 radical (unpaired) electrons. The first-order valence-corrected chi connectivity index (χ1v) is 13.5. The van der Waals surface area contributed by atoms with Crippen LogP contribution in [0.2, 0.25) is 15.1 Å². The molecule has 2 aromatic heterocycles. The average molecular weight is 625 g/mol. The van der Waals surface area contributed by atoms with Gasteiger partial charge in [0.1, 0.15) is 35.2 Å². The summed E-state index contributed by atoms with van der Waals surface area (Å²) in [6, 6.07) is 7.83.